The zero-order chi connectivity index (χ0) is 16.1. The predicted molar refractivity (Wildman–Crippen MR) is 84.0 cm³/mol. The number of carboxylic acid groups (broad SMARTS) is 1. The zero-order valence-corrected chi connectivity index (χ0v) is 13.2. The Morgan fingerprint density at radius 3 is 2.91 bits per heavy atom. The summed E-state index contributed by atoms with van der Waals surface area (Å²) in [5.41, 5.74) is 0. The van der Waals surface area contributed by atoms with Gasteiger partial charge < -0.3 is 20.5 Å². The minimum absolute atomic E-state index is 0.151. The molecule has 1 fully saturated rings. The van der Waals surface area contributed by atoms with Crippen molar-refractivity contribution in [2.24, 2.45) is 5.92 Å². The molecule has 2 rings (SSSR count). The first-order valence-electron chi connectivity index (χ1n) is 7.68. The molecule has 3 unspecified atom stereocenters. The smallest absolute Gasteiger partial charge is 0.325 e. The van der Waals surface area contributed by atoms with Gasteiger partial charge in [0.2, 0.25) is 5.95 Å². The first kappa shape index (κ1) is 16.5. The number of carboxylic acids is 1. The van der Waals surface area contributed by atoms with Gasteiger partial charge in [-0.15, -0.1) is 0 Å². The molecule has 1 aromatic rings. The summed E-state index contributed by atoms with van der Waals surface area (Å²) < 4.78 is 5.85. The van der Waals surface area contributed by atoms with Crippen molar-refractivity contribution in [1.29, 1.82) is 0 Å². The minimum Gasteiger partial charge on any atom is -0.480 e. The largest absolute Gasteiger partial charge is 0.480 e. The number of aromatic nitrogens is 2. The van der Waals surface area contributed by atoms with Crippen LogP contribution in [0.15, 0.2) is 12.3 Å². The van der Waals surface area contributed by atoms with Gasteiger partial charge in [0.1, 0.15) is 11.9 Å². The molecule has 0 spiro atoms. The number of nitrogens with one attached hydrogen (secondary N) is 2. The fourth-order valence-electron chi connectivity index (χ4n) is 2.57. The highest BCUT2D eigenvalue weighted by Gasteiger charge is 2.28. The Morgan fingerprint density at radius 1 is 1.45 bits per heavy atom. The van der Waals surface area contributed by atoms with Gasteiger partial charge in [-0.25, -0.2) is 4.98 Å². The molecule has 7 nitrogen and oxygen atoms in total. The molecule has 3 atom stereocenters. The lowest BCUT2D eigenvalue weighted by Crippen LogP contribution is -2.43. The van der Waals surface area contributed by atoms with Gasteiger partial charge in [0.15, 0.2) is 0 Å². The predicted octanol–water partition coefficient (Wildman–Crippen LogP) is 1.98. The van der Waals surface area contributed by atoms with Crippen LogP contribution in [-0.4, -0.2) is 45.8 Å². The van der Waals surface area contributed by atoms with Crippen LogP contribution in [0.1, 0.15) is 33.6 Å². The molecule has 1 saturated heterocycles. The van der Waals surface area contributed by atoms with E-state index in [1.807, 2.05) is 0 Å². The third-order valence-electron chi connectivity index (χ3n) is 3.73. The standard InChI is InChI=1S/C15H24N4O3/c1-9(2)13-11(5-4-8-22-13)18-12-6-7-16-15(19-12)17-10(3)14(20)21/h6-7,9-11,13H,4-5,8H2,1-3H3,(H,20,21)(H2,16,17,18,19). The van der Waals surface area contributed by atoms with Crippen LogP contribution in [0.4, 0.5) is 11.8 Å². The Kier molecular flexibility index (Phi) is 5.54. The summed E-state index contributed by atoms with van der Waals surface area (Å²) >= 11 is 0. The van der Waals surface area contributed by atoms with E-state index in [0.717, 1.165) is 19.4 Å². The Balaban J connectivity index is 2.04. The van der Waals surface area contributed by atoms with Crippen molar-refractivity contribution in [3.8, 4) is 0 Å². The fraction of sp³-hybridized carbons (Fsp3) is 0.667. The highest BCUT2D eigenvalue weighted by atomic mass is 16.5. The van der Waals surface area contributed by atoms with Crippen molar-refractivity contribution < 1.29 is 14.6 Å². The molecule has 2 heterocycles. The fourth-order valence-corrected chi connectivity index (χ4v) is 2.57. The maximum Gasteiger partial charge on any atom is 0.325 e. The number of hydrogen-bond donors (Lipinski definition) is 3. The number of hydrogen-bond acceptors (Lipinski definition) is 6. The summed E-state index contributed by atoms with van der Waals surface area (Å²) in [4.78, 5) is 19.3. The lowest BCUT2D eigenvalue weighted by atomic mass is 9.94. The molecular weight excluding hydrogens is 284 g/mol. The van der Waals surface area contributed by atoms with Crippen LogP contribution in [0, 0.1) is 5.92 Å². The highest BCUT2D eigenvalue weighted by molar-refractivity contribution is 5.75. The molecule has 3 N–H and O–H groups in total. The quantitative estimate of drug-likeness (QED) is 0.739. The maximum absolute atomic E-state index is 10.9. The number of ether oxygens (including phenoxy) is 1. The number of aliphatic carboxylic acids is 1. The van der Waals surface area contributed by atoms with Gasteiger partial charge >= 0.3 is 5.97 Å². The van der Waals surface area contributed by atoms with Crippen molar-refractivity contribution in [1.82, 2.24) is 9.97 Å². The van der Waals surface area contributed by atoms with Crippen LogP contribution in [-0.2, 0) is 9.53 Å². The average molecular weight is 308 g/mol. The van der Waals surface area contributed by atoms with E-state index in [1.165, 1.54) is 0 Å². The first-order chi connectivity index (χ1) is 10.5. The summed E-state index contributed by atoms with van der Waals surface area (Å²) in [5.74, 6) is 0.459. The molecule has 1 aliphatic rings. The Labute approximate surface area is 130 Å². The van der Waals surface area contributed by atoms with Gasteiger partial charge in [-0.1, -0.05) is 13.8 Å². The Morgan fingerprint density at radius 2 is 2.23 bits per heavy atom. The molecule has 22 heavy (non-hydrogen) atoms. The third-order valence-corrected chi connectivity index (χ3v) is 3.73. The van der Waals surface area contributed by atoms with Gasteiger partial charge in [-0.2, -0.15) is 4.98 Å². The van der Waals surface area contributed by atoms with E-state index in [4.69, 9.17) is 9.84 Å². The summed E-state index contributed by atoms with van der Waals surface area (Å²) in [7, 11) is 0. The number of nitrogens with zero attached hydrogens (tertiary/aromatic N) is 2. The molecule has 0 amide bonds. The van der Waals surface area contributed by atoms with Crippen molar-refractivity contribution in [3.05, 3.63) is 12.3 Å². The molecule has 0 saturated carbocycles. The summed E-state index contributed by atoms with van der Waals surface area (Å²) in [6.07, 6.45) is 3.81. The zero-order valence-electron chi connectivity index (χ0n) is 13.2. The molecule has 0 aliphatic carbocycles. The molecule has 0 bridgehead atoms. The molecule has 1 aromatic heterocycles. The molecule has 7 heteroatoms. The Bertz CT molecular complexity index is 509. The van der Waals surface area contributed by atoms with Crippen molar-refractivity contribution in [3.63, 3.8) is 0 Å². The first-order valence-corrected chi connectivity index (χ1v) is 7.68. The van der Waals surface area contributed by atoms with E-state index < -0.39 is 12.0 Å². The highest BCUT2D eigenvalue weighted by Crippen LogP contribution is 2.23. The minimum atomic E-state index is -0.942. The molecule has 1 aliphatic heterocycles. The lowest BCUT2D eigenvalue weighted by Gasteiger charge is -2.35. The van der Waals surface area contributed by atoms with E-state index in [1.54, 1.807) is 19.2 Å². The lowest BCUT2D eigenvalue weighted by molar-refractivity contribution is -0.137. The van der Waals surface area contributed by atoms with Gasteiger partial charge in [0, 0.05) is 12.8 Å². The number of carbonyl (C=O) groups is 1. The number of anilines is 2. The third kappa shape index (κ3) is 4.30. The van der Waals surface area contributed by atoms with Crippen LogP contribution in [0.2, 0.25) is 0 Å². The molecule has 0 radical (unpaired) electrons. The van der Waals surface area contributed by atoms with Gasteiger partial charge in [-0.05, 0) is 31.7 Å². The van der Waals surface area contributed by atoms with Crippen LogP contribution >= 0.6 is 0 Å². The van der Waals surface area contributed by atoms with E-state index in [0.29, 0.717) is 17.7 Å². The second kappa shape index (κ2) is 7.40. The van der Waals surface area contributed by atoms with Crippen LogP contribution in [0.25, 0.3) is 0 Å². The summed E-state index contributed by atoms with van der Waals surface area (Å²) in [6.45, 7) is 6.64. The summed E-state index contributed by atoms with van der Waals surface area (Å²) in [5, 5.41) is 15.1. The van der Waals surface area contributed by atoms with Crippen molar-refractivity contribution in [2.75, 3.05) is 17.2 Å². The van der Waals surface area contributed by atoms with Crippen LogP contribution in [0.5, 0.6) is 0 Å². The van der Waals surface area contributed by atoms with E-state index >= 15 is 0 Å². The van der Waals surface area contributed by atoms with Crippen molar-refractivity contribution >= 4 is 17.7 Å². The second-order valence-electron chi connectivity index (χ2n) is 5.94. The normalized spacial score (nSPS) is 23.1. The second-order valence-corrected chi connectivity index (χ2v) is 5.94. The molecule has 122 valence electrons. The maximum atomic E-state index is 10.9. The van der Waals surface area contributed by atoms with Crippen molar-refractivity contribution in [2.45, 2.75) is 51.8 Å². The molecule has 0 aromatic carbocycles. The number of rotatable bonds is 6. The monoisotopic (exact) mass is 308 g/mol. The SMILES string of the molecule is CC(Nc1nccc(NC2CCCOC2C(C)C)n1)C(=O)O. The van der Waals surface area contributed by atoms with Crippen LogP contribution < -0.4 is 10.6 Å². The summed E-state index contributed by atoms with van der Waals surface area (Å²) in [6, 6.07) is 1.24. The van der Waals surface area contributed by atoms with Gasteiger partial charge in [0.05, 0.1) is 12.1 Å². The van der Waals surface area contributed by atoms with E-state index in [-0.39, 0.29) is 12.1 Å². The Hall–Kier alpha value is -1.89. The molecular formula is C15H24N4O3. The van der Waals surface area contributed by atoms with Gasteiger partial charge in [-0.3, -0.25) is 4.79 Å². The van der Waals surface area contributed by atoms with Gasteiger partial charge in [0.25, 0.3) is 0 Å². The average Bonchev–Trinajstić information content (AvgIpc) is 2.47. The topological polar surface area (TPSA) is 96.4 Å². The van der Waals surface area contributed by atoms with Crippen LogP contribution in [0.3, 0.4) is 0 Å². The van der Waals surface area contributed by atoms with E-state index in [9.17, 15) is 4.79 Å². The van der Waals surface area contributed by atoms with E-state index in [2.05, 4.69) is 34.4 Å².